The molecule has 0 aromatic heterocycles. The highest BCUT2D eigenvalue weighted by Crippen LogP contribution is 2.09. The van der Waals surface area contributed by atoms with Crippen LogP contribution in [0.15, 0.2) is 5.10 Å². The smallest absolute Gasteiger partial charge is 0.0474 e. The van der Waals surface area contributed by atoms with Gasteiger partial charge in [0.1, 0.15) is 0 Å². The summed E-state index contributed by atoms with van der Waals surface area (Å²) in [6.45, 7) is 1.11. The monoisotopic (exact) mass is 115 g/mol. The Labute approximate surface area is 54.4 Å². The molecule has 1 rings (SSSR count). The zero-order valence-electron chi connectivity index (χ0n) is 7.80. The van der Waals surface area contributed by atoms with Crippen LogP contribution in [0.2, 0.25) is 0 Å². The second-order valence-electron chi connectivity index (χ2n) is 1.98. The molecule has 8 heavy (non-hydrogen) atoms. The van der Waals surface area contributed by atoms with Crippen LogP contribution in [0, 0.1) is 5.92 Å². The number of rotatable bonds is 0. The standard InChI is InChI=1S/C6H12N2/c1-5-4-8(3)7-6(5)2/h5H,4H2,1-3H3/i1D,2D,3D. The summed E-state index contributed by atoms with van der Waals surface area (Å²) in [5, 5.41) is 5.63. The van der Waals surface area contributed by atoms with Crippen molar-refractivity contribution in [2.24, 2.45) is 11.0 Å². The molecule has 2 heteroatoms. The lowest BCUT2D eigenvalue weighted by atomic mass is 10.1. The molecule has 0 aromatic rings. The minimum absolute atomic E-state index is 0.0952. The summed E-state index contributed by atoms with van der Waals surface area (Å²) in [6.07, 6.45) is 0. The summed E-state index contributed by atoms with van der Waals surface area (Å²) in [7, 11) is 0.139. The van der Waals surface area contributed by atoms with E-state index in [4.69, 9.17) is 4.11 Å². The van der Waals surface area contributed by atoms with E-state index < -0.39 is 0 Å². The van der Waals surface area contributed by atoms with E-state index in [2.05, 4.69) is 5.10 Å². The van der Waals surface area contributed by atoms with Gasteiger partial charge in [0.2, 0.25) is 0 Å². The Kier molecular flexibility index (Phi) is 0.630. The molecule has 0 N–H and O–H groups in total. The Morgan fingerprint density at radius 2 is 3.00 bits per heavy atom. The van der Waals surface area contributed by atoms with Crippen molar-refractivity contribution in [3.05, 3.63) is 0 Å². The predicted molar refractivity (Wildman–Crippen MR) is 34.9 cm³/mol. The van der Waals surface area contributed by atoms with E-state index >= 15 is 0 Å². The van der Waals surface area contributed by atoms with Gasteiger partial charge in [0, 0.05) is 29.3 Å². The topological polar surface area (TPSA) is 15.6 Å². The first-order valence-corrected chi connectivity index (χ1v) is 2.51. The summed E-state index contributed by atoms with van der Waals surface area (Å²) >= 11 is 0. The zero-order valence-corrected chi connectivity index (χ0v) is 4.80. The molecule has 0 radical (unpaired) electrons. The highest BCUT2D eigenvalue weighted by atomic mass is 15.5. The maximum absolute atomic E-state index is 7.15. The fraction of sp³-hybridized carbons (Fsp3) is 0.833. The zero-order chi connectivity index (χ0) is 8.27. The van der Waals surface area contributed by atoms with Gasteiger partial charge in [-0.05, 0) is 6.90 Å². The lowest BCUT2D eigenvalue weighted by Gasteiger charge is -2.04. The molecule has 1 unspecified atom stereocenters. The van der Waals surface area contributed by atoms with E-state index in [-0.39, 0.29) is 26.7 Å². The summed E-state index contributed by atoms with van der Waals surface area (Å²) in [4.78, 5) is 0. The van der Waals surface area contributed by atoms with Gasteiger partial charge in [-0.2, -0.15) is 5.10 Å². The van der Waals surface area contributed by atoms with Crippen LogP contribution in [0.4, 0.5) is 0 Å². The summed E-state index contributed by atoms with van der Waals surface area (Å²) in [6, 6.07) is 0. The first kappa shape index (κ1) is 2.85. The second kappa shape index (κ2) is 1.77. The molecular formula is C6H12N2. The molecule has 1 heterocycles. The van der Waals surface area contributed by atoms with Gasteiger partial charge in [-0.15, -0.1) is 0 Å². The lowest BCUT2D eigenvalue weighted by molar-refractivity contribution is 0.368. The van der Waals surface area contributed by atoms with Crippen LogP contribution in [0.25, 0.3) is 0 Å². The van der Waals surface area contributed by atoms with E-state index in [9.17, 15) is 0 Å². The van der Waals surface area contributed by atoms with E-state index in [0.29, 0.717) is 6.54 Å². The molecule has 1 atom stereocenters. The molecule has 46 valence electrons. The third-order valence-electron chi connectivity index (χ3n) is 1.17. The van der Waals surface area contributed by atoms with Crippen LogP contribution in [-0.2, 0) is 0 Å². The normalized spacial score (nSPS) is 33.5. The Bertz CT molecular complexity index is 160. The van der Waals surface area contributed by atoms with Crippen molar-refractivity contribution < 1.29 is 4.11 Å². The quantitative estimate of drug-likeness (QED) is 0.459. The molecule has 0 fully saturated rings. The number of nitrogens with zero attached hydrogens (tertiary/aromatic N) is 2. The average Bonchev–Trinajstić information content (AvgIpc) is 2.46. The number of hydrazone groups is 1. The van der Waals surface area contributed by atoms with Crippen molar-refractivity contribution in [1.29, 1.82) is 0 Å². The minimum atomic E-state index is 0.0952. The van der Waals surface area contributed by atoms with Gasteiger partial charge in [0.25, 0.3) is 0 Å². The predicted octanol–water partition coefficient (Wildman–Crippen LogP) is 0.944. The molecule has 2 nitrogen and oxygen atoms in total. The van der Waals surface area contributed by atoms with E-state index in [1.165, 1.54) is 0 Å². The van der Waals surface area contributed by atoms with Gasteiger partial charge >= 0.3 is 0 Å². The van der Waals surface area contributed by atoms with Crippen LogP contribution in [-0.4, -0.2) is 24.3 Å². The molecule has 1 aliphatic rings. The summed E-state index contributed by atoms with van der Waals surface area (Å²) in [5.41, 5.74) is 0.757. The van der Waals surface area contributed by atoms with Crippen LogP contribution in [0.1, 0.15) is 17.9 Å². The second-order valence-corrected chi connectivity index (χ2v) is 1.98. The van der Waals surface area contributed by atoms with Gasteiger partial charge < -0.3 is 0 Å². The Morgan fingerprint density at radius 3 is 3.50 bits per heavy atom. The first-order valence-electron chi connectivity index (χ1n) is 4.64. The van der Waals surface area contributed by atoms with Crippen molar-refractivity contribution in [1.82, 2.24) is 5.01 Å². The summed E-state index contributed by atoms with van der Waals surface area (Å²) < 4.78 is 21.3. The SMILES string of the molecule is [2H]CC1=NN(C[2H])CC1C[2H]. The molecule has 0 saturated carbocycles. The lowest BCUT2D eigenvalue weighted by Crippen LogP contribution is -2.11. The van der Waals surface area contributed by atoms with Crippen LogP contribution in [0.5, 0.6) is 0 Å². The highest BCUT2D eigenvalue weighted by molar-refractivity contribution is 5.85. The van der Waals surface area contributed by atoms with E-state index in [1.807, 2.05) is 0 Å². The van der Waals surface area contributed by atoms with Gasteiger partial charge in [-0.3, -0.25) is 5.01 Å². The van der Waals surface area contributed by atoms with Crippen molar-refractivity contribution in [3.8, 4) is 0 Å². The Morgan fingerprint density at radius 1 is 2.00 bits per heavy atom. The fourth-order valence-electron chi connectivity index (χ4n) is 0.664. The van der Waals surface area contributed by atoms with E-state index in [0.717, 1.165) is 5.71 Å². The first-order chi connectivity index (χ1) is 5.31. The fourth-order valence-corrected chi connectivity index (χ4v) is 0.664. The molecule has 1 aliphatic heterocycles. The van der Waals surface area contributed by atoms with Gasteiger partial charge in [0.05, 0.1) is 0 Å². The van der Waals surface area contributed by atoms with Gasteiger partial charge in [-0.25, -0.2) is 0 Å². The molecule has 0 spiro atoms. The Balaban J connectivity index is 2.55. The van der Waals surface area contributed by atoms with Crippen molar-refractivity contribution >= 4 is 5.71 Å². The maximum Gasteiger partial charge on any atom is 0.0474 e. The number of hydrogen-bond donors (Lipinski definition) is 0. The van der Waals surface area contributed by atoms with Crippen LogP contribution in [0.3, 0.4) is 0 Å². The number of hydrogen-bond acceptors (Lipinski definition) is 2. The van der Waals surface area contributed by atoms with Crippen LogP contribution >= 0.6 is 0 Å². The summed E-state index contributed by atoms with van der Waals surface area (Å²) in [5.74, 6) is 0.0952. The highest BCUT2D eigenvalue weighted by Gasteiger charge is 2.14. The molecule has 0 saturated heterocycles. The van der Waals surface area contributed by atoms with Crippen LogP contribution < -0.4 is 0 Å². The van der Waals surface area contributed by atoms with Crippen molar-refractivity contribution in [2.45, 2.75) is 13.8 Å². The molecule has 0 bridgehead atoms. The maximum atomic E-state index is 7.15. The minimum Gasteiger partial charge on any atom is -0.300 e. The molecule has 0 aromatic carbocycles. The van der Waals surface area contributed by atoms with Crippen molar-refractivity contribution in [3.63, 3.8) is 0 Å². The van der Waals surface area contributed by atoms with Crippen molar-refractivity contribution in [2.75, 3.05) is 13.6 Å². The molecule has 0 aliphatic carbocycles. The molecular weight excluding hydrogens is 100 g/mol. The third kappa shape index (κ3) is 0.831. The Hall–Kier alpha value is -0.530. The third-order valence-corrected chi connectivity index (χ3v) is 1.17. The molecule has 0 amide bonds. The largest absolute Gasteiger partial charge is 0.300 e. The average molecular weight is 115 g/mol. The van der Waals surface area contributed by atoms with E-state index in [1.54, 1.807) is 5.01 Å². The van der Waals surface area contributed by atoms with Gasteiger partial charge in [-0.1, -0.05) is 6.90 Å². The van der Waals surface area contributed by atoms with Gasteiger partial charge in [0.15, 0.2) is 0 Å².